The lowest BCUT2D eigenvalue weighted by molar-refractivity contribution is 0.102. The van der Waals surface area contributed by atoms with Crippen LogP contribution in [0.25, 0.3) is 0 Å². The molecule has 4 rings (SSSR count). The van der Waals surface area contributed by atoms with Gasteiger partial charge in [0.15, 0.2) is 0 Å². The van der Waals surface area contributed by atoms with E-state index >= 15 is 0 Å². The SMILES string of the molecule is Nc1ccccc1NC(=O)c1ccc(Cc2ccc(C(N)c3ccccn3)s2)cc1. The molecule has 6 heteroatoms. The molecule has 5 N–H and O–H groups in total. The van der Waals surface area contributed by atoms with Crippen LogP contribution in [0.1, 0.15) is 37.4 Å². The molecule has 2 aromatic heterocycles. The van der Waals surface area contributed by atoms with Crippen molar-refractivity contribution in [2.24, 2.45) is 5.73 Å². The normalized spacial score (nSPS) is 11.8. The quantitative estimate of drug-likeness (QED) is 0.401. The highest BCUT2D eigenvalue weighted by Gasteiger charge is 2.13. The second-order valence-electron chi connectivity index (χ2n) is 6.95. The van der Waals surface area contributed by atoms with Gasteiger partial charge in [-0.2, -0.15) is 0 Å². The van der Waals surface area contributed by atoms with Crippen LogP contribution < -0.4 is 16.8 Å². The van der Waals surface area contributed by atoms with Gasteiger partial charge in [-0.15, -0.1) is 11.3 Å². The summed E-state index contributed by atoms with van der Waals surface area (Å²) in [5.41, 5.74) is 16.0. The molecule has 0 bridgehead atoms. The van der Waals surface area contributed by atoms with Gasteiger partial charge in [-0.3, -0.25) is 9.78 Å². The third kappa shape index (κ3) is 4.56. The fourth-order valence-electron chi connectivity index (χ4n) is 3.14. The third-order valence-corrected chi connectivity index (χ3v) is 5.97. The number of carbonyl (C=O) groups is 1. The second-order valence-corrected chi connectivity index (χ2v) is 8.15. The van der Waals surface area contributed by atoms with Crippen molar-refractivity contribution in [1.82, 2.24) is 4.98 Å². The zero-order valence-corrected chi connectivity index (χ0v) is 17.1. The van der Waals surface area contributed by atoms with Gasteiger partial charge in [0.05, 0.1) is 23.1 Å². The maximum atomic E-state index is 12.5. The van der Waals surface area contributed by atoms with Gasteiger partial charge in [-0.05, 0) is 54.1 Å². The minimum absolute atomic E-state index is 0.181. The molecule has 1 unspecified atom stereocenters. The monoisotopic (exact) mass is 414 g/mol. The Morgan fingerprint density at radius 3 is 2.47 bits per heavy atom. The summed E-state index contributed by atoms with van der Waals surface area (Å²) in [5.74, 6) is -0.181. The fourth-order valence-corrected chi connectivity index (χ4v) is 4.20. The van der Waals surface area contributed by atoms with Crippen LogP contribution in [0.3, 0.4) is 0 Å². The van der Waals surface area contributed by atoms with Crippen LogP contribution in [0.5, 0.6) is 0 Å². The summed E-state index contributed by atoms with van der Waals surface area (Å²) >= 11 is 1.69. The van der Waals surface area contributed by atoms with Crippen molar-refractivity contribution in [3.05, 3.63) is 112 Å². The number of hydrogen-bond donors (Lipinski definition) is 3. The molecular weight excluding hydrogens is 392 g/mol. The number of pyridine rings is 1. The molecule has 1 amide bonds. The number of rotatable bonds is 6. The number of hydrogen-bond acceptors (Lipinski definition) is 5. The molecule has 0 aliphatic rings. The van der Waals surface area contributed by atoms with E-state index in [4.69, 9.17) is 11.5 Å². The first-order chi connectivity index (χ1) is 14.6. The van der Waals surface area contributed by atoms with Gasteiger partial charge in [0.1, 0.15) is 0 Å². The van der Waals surface area contributed by atoms with Crippen molar-refractivity contribution in [1.29, 1.82) is 0 Å². The highest BCUT2D eigenvalue weighted by molar-refractivity contribution is 7.12. The number of nitrogens with two attached hydrogens (primary N) is 2. The lowest BCUT2D eigenvalue weighted by Crippen LogP contribution is -2.13. The highest BCUT2D eigenvalue weighted by atomic mass is 32.1. The first-order valence-corrected chi connectivity index (χ1v) is 10.4. The van der Waals surface area contributed by atoms with Crippen LogP contribution in [0.4, 0.5) is 11.4 Å². The van der Waals surface area contributed by atoms with Gasteiger partial charge in [0.2, 0.25) is 0 Å². The van der Waals surface area contributed by atoms with Crippen LogP contribution in [0, 0.1) is 0 Å². The molecule has 5 nitrogen and oxygen atoms in total. The number of benzene rings is 2. The average molecular weight is 415 g/mol. The van der Waals surface area contributed by atoms with E-state index in [0.717, 1.165) is 22.6 Å². The van der Waals surface area contributed by atoms with Crippen LogP contribution in [-0.2, 0) is 6.42 Å². The summed E-state index contributed by atoms with van der Waals surface area (Å²) in [7, 11) is 0. The Labute approximate surface area is 179 Å². The number of para-hydroxylation sites is 2. The number of nitrogens with zero attached hydrogens (tertiary/aromatic N) is 1. The van der Waals surface area contributed by atoms with E-state index in [1.807, 2.05) is 54.6 Å². The highest BCUT2D eigenvalue weighted by Crippen LogP contribution is 2.27. The molecule has 0 aliphatic heterocycles. The van der Waals surface area contributed by atoms with Gasteiger partial charge in [0, 0.05) is 27.9 Å². The predicted molar refractivity (Wildman–Crippen MR) is 123 cm³/mol. The Morgan fingerprint density at radius 1 is 0.967 bits per heavy atom. The van der Waals surface area contributed by atoms with E-state index in [-0.39, 0.29) is 11.9 Å². The maximum Gasteiger partial charge on any atom is 0.255 e. The Morgan fingerprint density at radius 2 is 1.73 bits per heavy atom. The molecule has 0 aliphatic carbocycles. The molecular formula is C24H22N4OS. The Balaban J connectivity index is 1.41. The van der Waals surface area contributed by atoms with Gasteiger partial charge in [-0.1, -0.05) is 30.3 Å². The minimum atomic E-state index is -0.221. The zero-order chi connectivity index (χ0) is 20.9. The molecule has 0 radical (unpaired) electrons. The number of nitrogens with one attached hydrogen (secondary N) is 1. The topological polar surface area (TPSA) is 94.0 Å². The maximum absolute atomic E-state index is 12.5. The Bertz CT molecular complexity index is 1140. The molecule has 150 valence electrons. The van der Waals surface area contributed by atoms with Crippen molar-refractivity contribution in [2.75, 3.05) is 11.1 Å². The molecule has 0 saturated carbocycles. The van der Waals surface area contributed by atoms with E-state index in [0.29, 0.717) is 16.9 Å². The van der Waals surface area contributed by atoms with E-state index in [2.05, 4.69) is 22.4 Å². The number of anilines is 2. The van der Waals surface area contributed by atoms with Crippen LogP contribution in [-0.4, -0.2) is 10.9 Å². The lowest BCUT2D eigenvalue weighted by atomic mass is 10.1. The number of carbonyl (C=O) groups excluding carboxylic acids is 1. The number of thiophene rings is 1. The number of amides is 1. The summed E-state index contributed by atoms with van der Waals surface area (Å²) in [4.78, 5) is 19.1. The van der Waals surface area contributed by atoms with Crippen molar-refractivity contribution in [3.8, 4) is 0 Å². The molecule has 1 atom stereocenters. The lowest BCUT2D eigenvalue weighted by Gasteiger charge is -2.09. The summed E-state index contributed by atoms with van der Waals surface area (Å²) in [6.45, 7) is 0. The third-order valence-electron chi connectivity index (χ3n) is 4.80. The van der Waals surface area contributed by atoms with Gasteiger partial charge in [0.25, 0.3) is 5.91 Å². The van der Waals surface area contributed by atoms with Gasteiger partial charge >= 0.3 is 0 Å². The molecule has 0 spiro atoms. The van der Waals surface area contributed by atoms with Crippen molar-refractivity contribution in [2.45, 2.75) is 12.5 Å². The molecule has 4 aromatic rings. The number of nitrogen functional groups attached to an aromatic ring is 1. The van der Waals surface area contributed by atoms with E-state index in [1.54, 1.807) is 29.7 Å². The Hall–Kier alpha value is -3.48. The van der Waals surface area contributed by atoms with Crippen LogP contribution in [0.2, 0.25) is 0 Å². The second kappa shape index (κ2) is 8.90. The van der Waals surface area contributed by atoms with Crippen LogP contribution >= 0.6 is 11.3 Å². The first-order valence-electron chi connectivity index (χ1n) is 9.60. The van der Waals surface area contributed by atoms with Gasteiger partial charge < -0.3 is 16.8 Å². The van der Waals surface area contributed by atoms with E-state index in [1.165, 1.54) is 4.88 Å². The van der Waals surface area contributed by atoms with Crippen molar-refractivity contribution in [3.63, 3.8) is 0 Å². The summed E-state index contributed by atoms with van der Waals surface area (Å²) < 4.78 is 0. The molecule has 0 saturated heterocycles. The van der Waals surface area contributed by atoms with Crippen molar-refractivity contribution < 1.29 is 4.79 Å². The molecule has 2 heterocycles. The summed E-state index contributed by atoms with van der Waals surface area (Å²) in [6, 6.07) is 24.5. The first kappa shape index (κ1) is 19.8. The largest absolute Gasteiger partial charge is 0.397 e. The van der Waals surface area contributed by atoms with Crippen LogP contribution in [0.15, 0.2) is 85.1 Å². The average Bonchev–Trinajstić information content (AvgIpc) is 3.24. The molecule has 0 fully saturated rings. The Kier molecular flexibility index (Phi) is 5.88. The standard InChI is InChI=1S/C24H22N4OS/c25-19-5-1-2-6-20(19)28-24(29)17-10-8-16(9-11-17)15-18-12-13-22(30-18)23(26)21-7-3-4-14-27-21/h1-14,23H,15,25-26H2,(H,28,29). The minimum Gasteiger partial charge on any atom is -0.397 e. The summed E-state index contributed by atoms with van der Waals surface area (Å²) in [6.07, 6.45) is 2.54. The summed E-state index contributed by atoms with van der Waals surface area (Å²) in [5, 5.41) is 2.85. The zero-order valence-electron chi connectivity index (χ0n) is 16.3. The fraction of sp³-hybridized carbons (Fsp3) is 0.0833. The molecule has 30 heavy (non-hydrogen) atoms. The van der Waals surface area contributed by atoms with E-state index < -0.39 is 0 Å². The van der Waals surface area contributed by atoms with Gasteiger partial charge in [-0.25, -0.2) is 0 Å². The molecule has 2 aromatic carbocycles. The predicted octanol–water partition coefficient (Wildman–Crippen LogP) is 4.62. The van der Waals surface area contributed by atoms with E-state index in [9.17, 15) is 4.79 Å². The number of aromatic nitrogens is 1. The smallest absolute Gasteiger partial charge is 0.255 e. The van der Waals surface area contributed by atoms with Crippen molar-refractivity contribution >= 4 is 28.6 Å².